The van der Waals surface area contributed by atoms with Crippen LogP contribution in [0.15, 0.2) is 4.52 Å². The van der Waals surface area contributed by atoms with Crippen molar-refractivity contribution < 1.29 is 14.1 Å². The first-order valence-electron chi connectivity index (χ1n) is 8.49. The van der Waals surface area contributed by atoms with Crippen LogP contribution in [0, 0.1) is 31.6 Å². The Bertz CT molecular complexity index is 487. The van der Waals surface area contributed by atoms with E-state index >= 15 is 0 Å². The van der Waals surface area contributed by atoms with Crippen molar-refractivity contribution in [3.8, 4) is 0 Å². The van der Waals surface area contributed by atoms with E-state index in [-0.39, 0.29) is 12.1 Å². The minimum Gasteiger partial charge on any atom is -0.462 e. The second kappa shape index (κ2) is 7.30. The first kappa shape index (κ1) is 17.0. The lowest BCUT2D eigenvalue weighted by atomic mass is 9.75. The molecule has 0 aliphatic heterocycles. The molecule has 0 saturated heterocycles. The van der Waals surface area contributed by atoms with Crippen molar-refractivity contribution in [2.75, 3.05) is 0 Å². The summed E-state index contributed by atoms with van der Waals surface area (Å²) >= 11 is 0. The van der Waals surface area contributed by atoms with Crippen molar-refractivity contribution in [2.45, 2.75) is 72.8 Å². The van der Waals surface area contributed by atoms with Crippen LogP contribution >= 0.6 is 0 Å². The van der Waals surface area contributed by atoms with Crippen molar-refractivity contribution in [3.05, 3.63) is 17.0 Å². The van der Waals surface area contributed by atoms with Crippen molar-refractivity contribution >= 4 is 5.97 Å². The van der Waals surface area contributed by atoms with Crippen molar-refractivity contribution in [3.63, 3.8) is 0 Å². The van der Waals surface area contributed by atoms with Gasteiger partial charge in [-0.3, -0.25) is 4.79 Å². The maximum Gasteiger partial charge on any atom is 0.306 e. The fourth-order valence-electron chi connectivity index (χ4n) is 3.56. The Kier molecular flexibility index (Phi) is 5.65. The van der Waals surface area contributed by atoms with E-state index in [1.807, 2.05) is 13.8 Å². The lowest BCUT2D eigenvalue weighted by Crippen LogP contribution is -2.35. The number of carbonyl (C=O) groups excluding carboxylic acids is 1. The van der Waals surface area contributed by atoms with Crippen LogP contribution in [0.25, 0.3) is 0 Å². The minimum atomic E-state index is -0.0928. The second-order valence-electron chi connectivity index (χ2n) is 7.16. The first-order valence-corrected chi connectivity index (χ1v) is 8.49. The molecule has 1 saturated carbocycles. The molecule has 0 aromatic carbocycles. The van der Waals surface area contributed by atoms with E-state index in [0.717, 1.165) is 23.4 Å². The number of ether oxygens (including phenoxy) is 1. The monoisotopic (exact) mass is 307 g/mol. The van der Waals surface area contributed by atoms with Crippen LogP contribution in [0.4, 0.5) is 0 Å². The highest BCUT2D eigenvalue weighted by molar-refractivity contribution is 5.70. The SMILES string of the molecule is Cc1noc(C)c1CCC(=O)OC1CC(C)CCC1C(C)C. The summed E-state index contributed by atoms with van der Waals surface area (Å²) in [6, 6.07) is 0. The minimum absolute atomic E-state index is 0.0842. The molecule has 1 aromatic rings. The largest absolute Gasteiger partial charge is 0.462 e. The molecule has 0 amide bonds. The van der Waals surface area contributed by atoms with Crippen molar-refractivity contribution in [1.82, 2.24) is 5.16 Å². The van der Waals surface area contributed by atoms with E-state index in [2.05, 4.69) is 25.9 Å². The topological polar surface area (TPSA) is 52.3 Å². The number of hydrogen-bond acceptors (Lipinski definition) is 4. The summed E-state index contributed by atoms with van der Waals surface area (Å²) in [7, 11) is 0. The van der Waals surface area contributed by atoms with Gasteiger partial charge in [-0.2, -0.15) is 0 Å². The van der Waals surface area contributed by atoms with E-state index < -0.39 is 0 Å². The zero-order valence-corrected chi connectivity index (χ0v) is 14.5. The van der Waals surface area contributed by atoms with Gasteiger partial charge in [0, 0.05) is 12.0 Å². The van der Waals surface area contributed by atoms with Crippen LogP contribution < -0.4 is 0 Å². The van der Waals surface area contributed by atoms with E-state index in [9.17, 15) is 4.79 Å². The van der Waals surface area contributed by atoms with Crippen molar-refractivity contribution in [2.24, 2.45) is 17.8 Å². The van der Waals surface area contributed by atoms with Gasteiger partial charge in [-0.1, -0.05) is 32.3 Å². The predicted molar refractivity (Wildman–Crippen MR) is 85.5 cm³/mol. The van der Waals surface area contributed by atoms with Gasteiger partial charge in [0.15, 0.2) is 0 Å². The van der Waals surface area contributed by atoms with Crippen LogP contribution in [0.3, 0.4) is 0 Å². The lowest BCUT2D eigenvalue weighted by molar-refractivity contribution is -0.155. The number of aryl methyl sites for hydroxylation is 2. The summed E-state index contributed by atoms with van der Waals surface area (Å²) in [6.07, 6.45) is 4.55. The Morgan fingerprint density at radius 2 is 2.09 bits per heavy atom. The number of hydrogen-bond donors (Lipinski definition) is 0. The van der Waals surface area contributed by atoms with Gasteiger partial charge in [-0.05, 0) is 50.9 Å². The molecular formula is C18H29NO3. The van der Waals surface area contributed by atoms with Crippen LogP contribution in [-0.2, 0) is 16.0 Å². The number of nitrogens with zero attached hydrogens (tertiary/aromatic N) is 1. The number of aromatic nitrogens is 1. The molecule has 1 aliphatic rings. The standard InChI is InChI=1S/C18H29NO3/c1-11(2)15-7-6-12(3)10-17(15)21-18(20)9-8-16-13(4)19-22-14(16)5/h11-12,15,17H,6-10H2,1-5H3. The maximum absolute atomic E-state index is 12.2. The van der Waals surface area contributed by atoms with Gasteiger partial charge >= 0.3 is 5.97 Å². The highest BCUT2D eigenvalue weighted by Gasteiger charge is 2.33. The predicted octanol–water partition coefficient (Wildman–Crippen LogP) is 4.23. The average Bonchev–Trinajstić information content (AvgIpc) is 2.75. The first-order chi connectivity index (χ1) is 10.4. The summed E-state index contributed by atoms with van der Waals surface area (Å²) in [5.74, 6) is 2.42. The molecule has 4 heteroatoms. The normalized spacial score (nSPS) is 25.5. The zero-order valence-electron chi connectivity index (χ0n) is 14.5. The Balaban J connectivity index is 1.90. The van der Waals surface area contributed by atoms with E-state index in [4.69, 9.17) is 9.26 Å². The number of carbonyl (C=O) groups is 1. The van der Waals surface area contributed by atoms with E-state index in [1.54, 1.807) is 0 Å². The van der Waals surface area contributed by atoms with Gasteiger partial charge in [-0.15, -0.1) is 0 Å². The highest BCUT2D eigenvalue weighted by Crippen LogP contribution is 2.35. The highest BCUT2D eigenvalue weighted by atomic mass is 16.5. The smallest absolute Gasteiger partial charge is 0.306 e. The van der Waals surface area contributed by atoms with Gasteiger partial charge in [0.1, 0.15) is 11.9 Å². The van der Waals surface area contributed by atoms with Crippen LogP contribution in [-0.4, -0.2) is 17.2 Å². The van der Waals surface area contributed by atoms with Crippen molar-refractivity contribution in [1.29, 1.82) is 0 Å². The second-order valence-corrected chi connectivity index (χ2v) is 7.16. The summed E-state index contributed by atoms with van der Waals surface area (Å²) < 4.78 is 11.0. The van der Waals surface area contributed by atoms with Crippen LogP contribution in [0.5, 0.6) is 0 Å². The van der Waals surface area contributed by atoms with Gasteiger partial charge in [-0.25, -0.2) is 0 Å². The Morgan fingerprint density at radius 3 is 2.68 bits per heavy atom. The third-order valence-electron chi connectivity index (χ3n) is 5.00. The molecule has 3 unspecified atom stereocenters. The van der Waals surface area contributed by atoms with Crippen LogP contribution in [0.1, 0.15) is 63.5 Å². The lowest BCUT2D eigenvalue weighted by Gasteiger charge is -2.36. The molecule has 0 bridgehead atoms. The molecule has 0 radical (unpaired) electrons. The molecule has 4 nitrogen and oxygen atoms in total. The summed E-state index contributed by atoms with van der Waals surface area (Å²) in [6.45, 7) is 10.5. The van der Waals surface area contributed by atoms with E-state index in [1.165, 1.54) is 12.8 Å². The third kappa shape index (κ3) is 4.11. The fraction of sp³-hybridized carbons (Fsp3) is 0.778. The summed E-state index contributed by atoms with van der Waals surface area (Å²) in [5.41, 5.74) is 1.91. The third-order valence-corrected chi connectivity index (χ3v) is 5.00. The van der Waals surface area contributed by atoms with Gasteiger partial charge in [0.2, 0.25) is 0 Å². The fourth-order valence-corrected chi connectivity index (χ4v) is 3.56. The zero-order chi connectivity index (χ0) is 16.3. The van der Waals surface area contributed by atoms with Gasteiger partial charge in [0.05, 0.1) is 5.69 Å². The maximum atomic E-state index is 12.2. The number of rotatable bonds is 5. The summed E-state index contributed by atoms with van der Waals surface area (Å²) in [4.78, 5) is 12.2. The molecule has 1 aromatic heterocycles. The quantitative estimate of drug-likeness (QED) is 0.764. The van der Waals surface area contributed by atoms with Gasteiger partial charge < -0.3 is 9.26 Å². The van der Waals surface area contributed by atoms with Crippen LogP contribution in [0.2, 0.25) is 0 Å². The van der Waals surface area contributed by atoms with E-state index in [0.29, 0.717) is 30.6 Å². The molecule has 1 heterocycles. The molecule has 124 valence electrons. The molecule has 0 spiro atoms. The Morgan fingerprint density at radius 1 is 1.36 bits per heavy atom. The Labute approximate surface area is 133 Å². The molecule has 0 N–H and O–H groups in total. The molecule has 22 heavy (non-hydrogen) atoms. The Hall–Kier alpha value is -1.32. The summed E-state index contributed by atoms with van der Waals surface area (Å²) in [5, 5.41) is 3.93. The molecule has 1 fully saturated rings. The molecule has 3 atom stereocenters. The number of esters is 1. The average molecular weight is 307 g/mol. The molecule has 1 aliphatic carbocycles. The molecule has 2 rings (SSSR count). The van der Waals surface area contributed by atoms with Gasteiger partial charge in [0.25, 0.3) is 0 Å². The molecular weight excluding hydrogens is 278 g/mol.